The minimum absolute atomic E-state index is 0.250. The summed E-state index contributed by atoms with van der Waals surface area (Å²) in [4.78, 5) is 43.8. The Hall–Kier alpha value is -3.35. The molecule has 2 aromatic carbocycles. The smallest absolute Gasteiger partial charge is 0.408 e. The van der Waals surface area contributed by atoms with E-state index in [1.807, 2.05) is 90.1 Å². The Morgan fingerprint density at radius 2 is 1.40 bits per heavy atom. The lowest BCUT2D eigenvalue weighted by Gasteiger charge is -2.40. The highest BCUT2D eigenvalue weighted by Gasteiger charge is 2.40. The molecule has 0 aliphatic carbocycles. The van der Waals surface area contributed by atoms with E-state index in [1.165, 1.54) is 0 Å². The summed E-state index contributed by atoms with van der Waals surface area (Å²) in [6.07, 6.45) is 1.17. The lowest BCUT2D eigenvalue weighted by Crippen LogP contribution is -2.57. The topological polar surface area (TPSA) is 87.7 Å². The fourth-order valence-corrected chi connectivity index (χ4v) is 5.09. The van der Waals surface area contributed by atoms with E-state index in [4.69, 9.17) is 4.74 Å². The lowest BCUT2D eigenvalue weighted by atomic mass is 9.90. The summed E-state index contributed by atoms with van der Waals surface area (Å²) in [5.41, 5.74) is 2.31. The van der Waals surface area contributed by atoms with Gasteiger partial charge >= 0.3 is 6.09 Å². The minimum atomic E-state index is -0.946. The van der Waals surface area contributed by atoms with Gasteiger partial charge in [0.05, 0.1) is 0 Å². The number of ether oxygens (including phenoxy) is 1. The van der Waals surface area contributed by atoms with Crippen LogP contribution in [0.1, 0.15) is 103 Å². The third-order valence-corrected chi connectivity index (χ3v) is 7.00. The molecule has 2 rings (SSSR count). The van der Waals surface area contributed by atoms with Crippen LogP contribution < -0.4 is 10.6 Å². The van der Waals surface area contributed by atoms with Gasteiger partial charge in [0.25, 0.3) is 0 Å². The maximum atomic E-state index is 14.8. The molecule has 2 N–H and O–H groups in total. The number of carbonyl (C=O) groups is 3. The Morgan fingerprint density at radius 1 is 0.833 bits per heavy atom. The Kier molecular flexibility index (Phi) is 12.2. The Labute approximate surface area is 253 Å². The zero-order valence-corrected chi connectivity index (χ0v) is 27.6. The first kappa shape index (κ1) is 34.8. The van der Waals surface area contributed by atoms with Crippen molar-refractivity contribution in [2.24, 2.45) is 5.92 Å². The first-order chi connectivity index (χ1) is 19.4. The van der Waals surface area contributed by atoms with Crippen molar-refractivity contribution in [2.45, 2.75) is 125 Å². The molecule has 0 bridgehead atoms. The van der Waals surface area contributed by atoms with E-state index in [-0.39, 0.29) is 24.3 Å². The molecule has 2 aromatic rings. The van der Waals surface area contributed by atoms with Crippen molar-refractivity contribution in [2.75, 3.05) is 0 Å². The SMILES string of the molecule is Cc1cccc(C)c1C(C(=O)NC(C)(C)C)N(C(=O)C(Cc1ccccc1)NC(=O)OC(C)(C)C)C(C)CCC(C)C. The fourth-order valence-electron chi connectivity index (χ4n) is 5.09. The average Bonchev–Trinajstić information content (AvgIpc) is 2.84. The van der Waals surface area contributed by atoms with E-state index < -0.39 is 29.3 Å². The number of nitrogens with zero attached hydrogens (tertiary/aromatic N) is 1. The Morgan fingerprint density at radius 3 is 1.90 bits per heavy atom. The molecular formula is C35H53N3O4. The number of hydrogen-bond acceptors (Lipinski definition) is 4. The van der Waals surface area contributed by atoms with E-state index in [9.17, 15) is 14.4 Å². The highest BCUT2D eigenvalue weighted by molar-refractivity contribution is 5.93. The molecule has 0 aliphatic heterocycles. The number of benzene rings is 2. The molecule has 3 unspecified atom stereocenters. The number of nitrogens with one attached hydrogen (secondary N) is 2. The molecule has 0 aromatic heterocycles. The van der Waals surface area contributed by atoms with Crippen molar-refractivity contribution in [3.63, 3.8) is 0 Å². The highest BCUT2D eigenvalue weighted by Crippen LogP contribution is 2.32. The van der Waals surface area contributed by atoms with E-state index >= 15 is 0 Å². The second-order valence-corrected chi connectivity index (χ2v) is 13.9. The maximum Gasteiger partial charge on any atom is 0.408 e. The summed E-state index contributed by atoms with van der Waals surface area (Å²) >= 11 is 0. The van der Waals surface area contributed by atoms with Crippen LogP contribution in [0.15, 0.2) is 48.5 Å². The maximum absolute atomic E-state index is 14.8. The first-order valence-corrected chi connectivity index (χ1v) is 15.1. The van der Waals surface area contributed by atoms with Crippen molar-refractivity contribution in [3.8, 4) is 0 Å². The van der Waals surface area contributed by atoms with Crippen LogP contribution in [0.25, 0.3) is 0 Å². The van der Waals surface area contributed by atoms with Gasteiger partial charge in [-0.2, -0.15) is 0 Å². The van der Waals surface area contributed by atoms with E-state index in [0.717, 1.165) is 28.7 Å². The third kappa shape index (κ3) is 10.8. The standard InChI is InChI=1S/C35H53N3O4/c1-23(2)20-21-26(5)38(30(31(39)37-34(6,7)8)29-24(3)16-15-17-25(29)4)32(40)28(22-27-18-13-12-14-19-27)36-33(41)42-35(9,10)11/h12-19,23,26,28,30H,20-22H2,1-11H3,(H,36,41)(H,37,39). The number of alkyl carbamates (subject to hydrolysis) is 1. The van der Waals surface area contributed by atoms with Crippen LogP contribution in [-0.2, 0) is 20.7 Å². The molecule has 232 valence electrons. The molecule has 7 heteroatoms. The molecule has 0 aliphatic rings. The average molecular weight is 580 g/mol. The summed E-state index contributed by atoms with van der Waals surface area (Å²) in [6, 6.07) is 13.4. The van der Waals surface area contributed by atoms with Crippen LogP contribution in [-0.4, -0.2) is 46.0 Å². The van der Waals surface area contributed by atoms with Gasteiger partial charge < -0.3 is 20.3 Å². The van der Waals surface area contributed by atoms with Crippen molar-refractivity contribution < 1.29 is 19.1 Å². The molecule has 0 saturated heterocycles. The normalized spacial score (nSPS) is 14.1. The van der Waals surface area contributed by atoms with Crippen LogP contribution in [0.4, 0.5) is 4.79 Å². The molecule has 3 atom stereocenters. The number of rotatable bonds is 11. The quantitative estimate of drug-likeness (QED) is 0.299. The molecule has 0 saturated carbocycles. The van der Waals surface area contributed by atoms with Crippen LogP contribution in [0.3, 0.4) is 0 Å². The molecule has 42 heavy (non-hydrogen) atoms. The predicted octanol–water partition coefficient (Wildman–Crippen LogP) is 7.05. The fraction of sp³-hybridized carbons (Fsp3) is 0.571. The monoisotopic (exact) mass is 579 g/mol. The summed E-state index contributed by atoms with van der Waals surface area (Å²) in [5.74, 6) is -0.149. The van der Waals surface area contributed by atoms with Gasteiger partial charge in [-0.05, 0) is 103 Å². The Bertz CT molecular complexity index is 1170. The summed E-state index contributed by atoms with van der Waals surface area (Å²) in [5, 5.41) is 6.00. The second kappa shape index (κ2) is 14.7. The highest BCUT2D eigenvalue weighted by atomic mass is 16.6. The largest absolute Gasteiger partial charge is 0.444 e. The van der Waals surface area contributed by atoms with Gasteiger partial charge in [-0.25, -0.2) is 4.79 Å². The first-order valence-electron chi connectivity index (χ1n) is 15.1. The van der Waals surface area contributed by atoms with Crippen molar-refractivity contribution in [1.82, 2.24) is 15.5 Å². The molecule has 0 heterocycles. The molecule has 0 fully saturated rings. The molecule has 7 nitrogen and oxygen atoms in total. The van der Waals surface area contributed by atoms with Crippen LogP contribution in [0.2, 0.25) is 0 Å². The van der Waals surface area contributed by atoms with Crippen molar-refractivity contribution in [1.29, 1.82) is 0 Å². The van der Waals surface area contributed by atoms with Gasteiger partial charge in [-0.1, -0.05) is 62.4 Å². The van der Waals surface area contributed by atoms with Gasteiger partial charge in [0.15, 0.2) is 0 Å². The zero-order chi connectivity index (χ0) is 31.8. The minimum Gasteiger partial charge on any atom is -0.444 e. The van der Waals surface area contributed by atoms with Gasteiger partial charge in [0.1, 0.15) is 17.7 Å². The van der Waals surface area contributed by atoms with Gasteiger partial charge in [0, 0.05) is 18.0 Å². The van der Waals surface area contributed by atoms with Gasteiger partial charge in [-0.3, -0.25) is 9.59 Å². The number of carbonyl (C=O) groups excluding carboxylic acids is 3. The second-order valence-electron chi connectivity index (χ2n) is 13.9. The number of amides is 3. The third-order valence-electron chi connectivity index (χ3n) is 7.00. The van der Waals surface area contributed by atoms with Crippen LogP contribution in [0, 0.1) is 19.8 Å². The summed E-state index contributed by atoms with van der Waals surface area (Å²) < 4.78 is 5.57. The van der Waals surface area contributed by atoms with E-state index in [1.54, 1.807) is 25.7 Å². The molecule has 0 spiro atoms. The van der Waals surface area contributed by atoms with Gasteiger partial charge in [0.2, 0.25) is 11.8 Å². The number of aryl methyl sites for hydroxylation is 2. The summed E-state index contributed by atoms with van der Waals surface area (Å²) in [7, 11) is 0. The zero-order valence-electron chi connectivity index (χ0n) is 27.6. The predicted molar refractivity (Wildman–Crippen MR) is 170 cm³/mol. The van der Waals surface area contributed by atoms with E-state index in [2.05, 4.69) is 24.5 Å². The number of hydrogen-bond donors (Lipinski definition) is 2. The lowest BCUT2D eigenvalue weighted by molar-refractivity contribution is -0.145. The van der Waals surface area contributed by atoms with Crippen LogP contribution >= 0.6 is 0 Å². The summed E-state index contributed by atoms with van der Waals surface area (Å²) in [6.45, 7) is 21.4. The Balaban J connectivity index is 2.73. The molecular weight excluding hydrogens is 526 g/mol. The van der Waals surface area contributed by atoms with E-state index in [0.29, 0.717) is 12.3 Å². The van der Waals surface area contributed by atoms with Gasteiger partial charge in [-0.15, -0.1) is 0 Å². The van der Waals surface area contributed by atoms with Crippen LogP contribution in [0.5, 0.6) is 0 Å². The van der Waals surface area contributed by atoms with Crippen molar-refractivity contribution >= 4 is 17.9 Å². The van der Waals surface area contributed by atoms with Crippen molar-refractivity contribution in [3.05, 3.63) is 70.8 Å². The molecule has 0 radical (unpaired) electrons. The molecule has 3 amide bonds.